The first kappa shape index (κ1) is 22.7. The smallest absolute Gasteiger partial charge is 0.146 e. The van der Waals surface area contributed by atoms with Crippen molar-refractivity contribution < 1.29 is 0 Å². The van der Waals surface area contributed by atoms with E-state index in [-0.39, 0.29) is 0 Å². The van der Waals surface area contributed by atoms with E-state index in [4.69, 9.17) is 16.8 Å². The van der Waals surface area contributed by atoms with Crippen LogP contribution in [-0.2, 0) is 11.8 Å². The van der Waals surface area contributed by atoms with Crippen LogP contribution in [0.15, 0.2) is 140 Å². The standard InChI is InChI=1S/C35H23N2PS/c39-38(26-14-3-1-4-15-26,27-16-5-2-6-17-27)33-21-11-18-28-29-22-24-12-7-8-13-25(24)23-30(29)35-36-31-19-9-10-20-32(31)37(35)34(28)33/h1-23H. The van der Waals surface area contributed by atoms with Gasteiger partial charge in [0.1, 0.15) is 5.65 Å². The van der Waals surface area contributed by atoms with Crippen LogP contribution in [0.2, 0.25) is 0 Å². The third kappa shape index (κ3) is 3.27. The number of hydrogen-bond acceptors (Lipinski definition) is 2. The molecule has 0 spiro atoms. The molecule has 2 aromatic heterocycles. The average Bonchev–Trinajstić information content (AvgIpc) is 3.40. The molecule has 0 fully saturated rings. The van der Waals surface area contributed by atoms with Crippen molar-refractivity contribution in [3.05, 3.63) is 140 Å². The zero-order valence-corrected chi connectivity index (χ0v) is 22.7. The van der Waals surface area contributed by atoms with Gasteiger partial charge in [0, 0.05) is 22.1 Å². The van der Waals surface area contributed by atoms with Crippen LogP contribution < -0.4 is 15.9 Å². The lowest BCUT2D eigenvalue weighted by molar-refractivity contribution is 1.32. The predicted octanol–water partition coefficient (Wildman–Crippen LogP) is 7.70. The minimum Gasteiger partial charge on any atom is -0.291 e. The van der Waals surface area contributed by atoms with Gasteiger partial charge in [0.2, 0.25) is 0 Å². The summed E-state index contributed by atoms with van der Waals surface area (Å²) in [6.07, 6.45) is 0. The van der Waals surface area contributed by atoms with Crippen molar-refractivity contribution in [3.8, 4) is 0 Å². The van der Waals surface area contributed by atoms with Crippen LogP contribution in [0.3, 0.4) is 0 Å². The van der Waals surface area contributed by atoms with Crippen molar-refractivity contribution in [1.29, 1.82) is 0 Å². The highest BCUT2D eigenvalue weighted by Gasteiger charge is 2.29. The summed E-state index contributed by atoms with van der Waals surface area (Å²) in [5.41, 5.74) is 4.21. The fourth-order valence-corrected chi connectivity index (χ4v) is 10.0. The molecule has 0 N–H and O–H groups in total. The Morgan fingerprint density at radius 3 is 1.82 bits per heavy atom. The average molecular weight is 535 g/mol. The van der Waals surface area contributed by atoms with E-state index in [9.17, 15) is 0 Å². The molecule has 2 heterocycles. The molecule has 39 heavy (non-hydrogen) atoms. The summed E-state index contributed by atoms with van der Waals surface area (Å²) in [4.78, 5) is 5.21. The van der Waals surface area contributed by atoms with Crippen molar-refractivity contribution in [2.45, 2.75) is 0 Å². The first-order valence-electron chi connectivity index (χ1n) is 13.1. The molecule has 0 unspecified atom stereocenters. The summed E-state index contributed by atoms with van der Waals surface area (Å²) in [6, 6.07) is 47.2. The minimum absolute atomic E-state index is 0.972. The van der Waals surface area contributed by atoms with Crippen molar-refractivity contribution in [1.82, 2.24) is 9.38 Å². The lowest BCUT2D eigenvalue weighted by Gasteiger charge is -2.26. The summed E-state index contributed by atoms with van der Waals surface area (Å²) in [5, 5.41) is 9.57. The Hall–Kier alpha value is -4.30. The van der Waals surface area contributed by atoms with Crippen molar-refractivity contribution >= 4 is 82.9 Å². The molecule has 0 aliphatic rings. The number of benzene rings is 6. The molecule has 4 heteroatoms. The Labute approximate surface area is 231 Å². The minimum atomic E-state index is -2.42. The number of aromatic nitrogens is 2. The van der Waals surface area contributed by atoms with Crippen LogP contribution in [0, 0.1) is 0 Å². The van der Waals surface area contributed by atoms with Crippen LogP contribution in [-0.4, -0.2) is 9.38 Å². The Kier molecular flexibility index (Phi) is 5.00. The number of fused-ring (bicyclic) bond motifs is 9. The van der Waals surface area contributed by atoms with Gasteiger partial charge < -0.3 is 0 Å². The molecule has 0 atom stereocenters. The van der Waals surface area contributed by atoms with Crippen molar-refractivity contribution in [3.63, 3.8) is 0 Å². The van der Waals surface area contributed by atoms with E-state index in [0.717, 1.165) is 27.6 Å². The molecular formula is C35H23N2PS. The highest BCUT2D eigenvalue weighted by atomic mass is 32.4. The molecule has 0 radical (unpaired) electrons. The number of para-hydroxylation sites is 3. The van der Waals surface area contributed by atoms with Gasteiger partial charge in [-0.25, -0.2) is 4.98 Å². The lowest BCUT2D eigenvalue weighted by atomic mass is 10.0. The normalized spacial score (nSPS) is 12.2. The van der Waals surface area contributed by atoms with Gasteiger partial charge in [0.05, 0.1) is 16.6 Å². The van der Waals surface area contributed by atoms with E-state index in [1.165, 1.54) is 37.5 Å². The van der Waals surface area contributed by atoms with Gasteiger partial charge in [-0.05, 0) is 51.0 Å². The monoisotopic (exact) mass is 534 g/mol. The molecule has 0 bridgehead atoms. The molecule has 0 saturated heterocycles. The predicted molar refractivity (Wildman–Crippen MR) is 171 cm³/mol. The summed E-state index contributed by atoms with van der Waals surface area (Å²) in [6.45, 7) is 0. The maximum absolute atomic E-state index is 6.87. The molecule has 184 valence electrons. The first-order chi connectivity index (χ1) is 19.2. The molecule has 0 saturated carbocycles. The third-order valence-electron chi connectivity index (χ3n) is 7.79. The lowest BCUT2D eigenvalue weighted by Crippen LogP contribution is -2.26. The molecule has 0 aliphatic carbocycles. The number of nitrogens with zero attached hydrogens (tertiary/aromatic N) is 2. The molecule has 2 nitrogen and oxygen atoms in total. The SMILES string of the molecule is S=P(c1ccccc1)(c1ccccc1)c1cccc2c3cc4ccccc4cc3c3nc4ccccc4n3c12. The fourth-order valence-electron chi connectivity index (χ4n) is 6.02. The van der Waals surface area contributed by atoms with Crippen LogP contribution in [0.1, 0.15) is 0 Å². The maximum atomic E-state index is 6.87. The first-order valence-corrected chi connectivity index (χ1v) is 15.9. The number of imidazole rings is 1. The Morgan fingerprint density at radius 1 is 0.538 bits per heavy atom. The second kappa shape index (κ2) is 8.61. The van der Waals surface area contributed by atoms with E-state index < -0.39 is 6.04 Å². The van der Waals surface area contributed by atoms with E-state index >= 15 is 0 Å². The van der Waals surface area contributed by atoms with E-state index in [0.29, 0.717) is 0 Å². The number of pyridine rings is 1. The van der Waals surface area contributed by atoms with Gasteiger partial charge >= 0.3 is 0 Å². The molecule has 6 aromatic carbocycles. The number of rotatable bonds is 3. The topological polar surface area (TPSA) is 17.3 Å². The third-order valence-corrected chi connectivity index (χ3v) is 12.7. The summed E-state index contributed by atoms with van der Waals surface area (Å²) in [7, 11) is 0. The zero-order chi connectivity index (χ0) is 26.0. The van der Waals surface area contributed by atoms with Gasteiger partial charge in [-0.3, -0.25) is 4.40 Å². The Balaban J connectivity index is 1.65. The molecule has 0 aliphatic heterocycles. The van der Waals surface area contributed by atoms with Crippen LogP contribution >= 0.6 is 6.04 Å². The summed E-state index contributed by atoms with van der Waals surface area (Å²) in [5.74, 6) is 0. The van der Waals surface area contributed by atoms with Crippen LogP contribution in [0.5, 0.6) is 0 Å². The molecule has 8 aromatic rings. The summed E-state index contributed by atoms with van der Waals surface area (Å²) >= 11 is 6.87. The maximum Gasteiger partial charge on any atom is 0.146 e. The van der Waals surface area contributed by atoms with Crippen LogP contribution in [0.4, 0.5) is 0 Å². The van der Waals surface area contributed by atoms with E-state index in [1.807, 2.05) is 0 Å². The fraction of sp³-hybridized carbons (Fsp3) is 0. The molecular weight excluding hydrogens is 511 g/mol. The second-order valence-corrected chi connectivity index (χ2v) is 14.3. The zero-order valence-electron chi connectivity index (χ0n) is 21.0. The van der Waals surface area contributed by atoms with Gasteiger partial charge in [-0.15, -0.1) is 0 Å². The quantitative estimate of drug-likeness (QED) is 0.131. The molecule has 0 amide bonds. The van der Waals surface area contributed by atoms with Gasteiger partial charge in [-0.2, -0.15) is 0 Å². The van der Waals surface area contributed by atoms with Crippen LogP contribution in [0.25, 0.3) is 49.1 Å². The molecule has 8 rings (SSSR count). The van der Waals surface area contributed by atoms with E-state index in [1.54, 1.807) is 0 Å². The number of hydrogen-bond donors (Lipinski definition) is 0. The van der Waals surface area contributed by atoms with Crippen molar-refractivity contribution in [2.24, 2.45) is 0 Å². The Morgan fingerprint density at radius 2 is 1.13 bits per heavy atom. The summed E-state index contributed by atoms with van der Waals surface area (Å²) < 4.78 is 2.37. The highest BCUT2D eigenvalue weighted by molar-refractivity contribution is 8.25. The van der Waals surface area contributed by atoms with Gasteiger partial charge in [0.15, 0.2) is 0 Å². The van der Waals surface area contributed by atoms with Crippen molar-refractivity contribution in [2.75, 3.05) is 0 Å². The second-order valence-electron chi connectivity index (χ2n) is 9.96. The van der Waals surface area contributed by atoms with Gasteiger partial charge in [-0.1, -0.05) is 127 Å². The highest BCUT2D eigenvalue weighted by Crippen LogP contribution is 2.46. The van der Waals surface area contributed by atoms with Gasteiger partial charge in [0.25, 0.3) is 0 Å². The van der Waals surface area contributed by atoms with E-state index in [2.05, 4.69) is 144 Å². The Bertz CT molecular complexity index is 2210. The largest absolute Gasteiger partial charge is 0.291 e.